The third kappa shape index (κ3) is 6.20. The number of anilines is 1. The van der Waals surface area contributed by atoms with Gasteiger partial charge in [0.2, 0.25) is 10.0 Å². The molecule has 0 saturated carbocycles. The van der Waals surface area contributed by atoms with Crippen LogP contribution >= 0.6 is 23.2 Å². The van der Waals surface area contributed by atoms with Crippen molar-refractivity contribution >= 4 is 50.8 Å². The van der Waals surface area contributed by atoms with Crippen LogP contribution in [0.5, 0.6) is 0 Å². The van der Waals surface area contributed by atoms with Gasteiger partial charge in [0, 0.05) is 18.1 Å². The first kappa shape index (κ1) is 23.5. The Hall–Kier alpha value is -2.13. The van der Waals surface area contributed by atoms with Gasteiger partial charge in [0.05, 0.1) is 21.2 Å². The first-order chi connectivity index (χ1) is 14.8. The standard InChI is InChI=1S/C21H22Cl2N2O5S/c22-16-7-5-6-15(12-16)21(27)30-14-20(26)24-19-13-17(8-9-18(19)23)31(28,29)25-10-3-1-2-4-11-25/h5-9,12-13H,1-4,10-11,14H2,(H,24,26). The molecule has 1 N–H and O–H groups in total. The average Bonchev–Trinajstić information content (AvgIpc) is 3.03. The number of nitrogens with zero attached hydrogens (tertiary/aromatic N) is 1. The minimum Gasteiger partial charge on any atom is -0.452 e. The van der Waals surface area contributed by atoms with Gasteiger partial charge in [-0.1, -0.05) is 42.1 Å². The molecule has 3 rings (SSSR count). The molecule has 0 atom stereocenters. The topological polar surface area (TPSA) is 92.8 Å². The minimum absolute atomic E-state index is 0.0463. The molecule has 10 heteroatoms. The van der Waals surface area contributed by atoms with E-state index >= 15 is 0 Å². The van der Waals surface area contributed by atoms with Crippen LogP contribution in [0.1, 0.15) is 36.0 Å². The number of nitrogens with one attached hydrogen (secondary N) is 1. The van der Waals surface area contributed by atoms with E-state index in [4.69, 9.17) is 27.9 Å². The zero-order valence-electron chi connectivity index (χ0n) is 16.6. The average molecular weight is 485 g/mol. The summed E-state index contributed by atoms with van der Waals surface area (Å²) >= 11 is 12.0. The van der Waals surface area contributed by atoms with Crippen LogP contribution in [-0.4, -0.2) is 44.3 Å². The van der Waals surface area contributed by atoms with Gasteiger partial charge in [-0.05, 0) is 49.2 Å². The van der Waals surface area contributed by atoms with Crippen molar-refractivity contribution in [1.82, 2.24) is 4.31 Å². The van der Waals surface area contributed by atoms with Crippen molar-refractivity contribution in [3.05, 3.63) is 58.1 Å². The number of carbonyl (C=O) groups is 2. The Labute approximate surface area is 191 Å². The summed E-state index contributed by atoms with van der Waals surface area (Å²) in [5.41, 5.74) is 0.338. The predicted octanol–water partition coefficient (Wildman–Crippen LogP) is 4.35. The quantitative estimate of drug-likeness (QED) is 0.614. The fourth-order valence-electron chi connectivity index (χ4n) is 3.21. The zero-order valence-corrected chi connectivity index (χ0v) is 19.0. The lowest BCUT2D eigenvalue weighted by Crippen LogP contribution is -2.32. The van der Waals surface area contributed by atoms with Crippen LogP contribution in [0.2, 0.25) is 10.0 Å². The smallest absolute Gasteiger partial charge is 0.338 e. The van der Waals surface area contributed by atoms with E-state index < -0.39 is 28.5 Å². The SMILES string of the molecule is O=C(COC(=O)c1cccc(Cl)c1)Nc1cc(S(=O)(=O)N2CCCCCC2)ccc1Cl. The summed E-state index contributed by atoms with van der Waals surface area (Å²) in [6.45, 7) is 0.364. The highest BCUT2D eigenvalue weighted by molar-refractivity contribution is 7.89. The summed E-state index contributed by atoms with van der Waals surface area (Å²) < 4.78 is 32.4. The Morgan fingerprint density at radius 3 is 2.39 bits per heavy atom. The predicted molar refractivity (Wildman–Crippen MR) is 119 cm³/mol. The molecule has 0 unspecified atom stereocenters. The molecule has 0 spiro atoms. The molecule has 1 fully saturated rings. The Morgan fingerprint density at radius 1 is 1.00 bits per heavy atom. The Balaban J connectivity index is 1.67. The lowest BCUT2D eigenvalue weighted by Gasteiger charge is -2.20. The lowest BCUT2D eigenvalue weighted by molar-refractivity contribution is -0.119. The fourth-order valence-corrected chi connectivity index (χ4v) is 5.11. The van der Waals surface area contributed by atoms with Crippen LogP contribution in [-0.2, 0) is 19.6 Å². The Kier molecular flexibility index (Phi) is 7.94. The number of amides is 1. The molecule has 1 saturated heterocycles. The highest BCUT2D eigenvalue weighted by atomic mass is 35.5. The van der Waals surface area contributed by atoms with E-state index in [1.54, 1.807) is 12.1 Å². The van der Waals surface area contributed by atoms with Gasteiger partial charge in [0.25, 0.3) is 5.91 Å². The van der Waals surface area contributed by atoms with Crippen LogP contribution in [0.3, 0.4) is 0 Å². The lowest BCUT2D eigenvalue weighted by atomic mass is 10.2. The second kappa shape index (κ2) is 10.5. The Morgan fingerprint density at radius 2 is 1.71 bits per heavy atom. The molecule has 7 nitrogen and oxygen atoms in total. The van der Waals surface area contributed by atoms with Gasteiger partial charge in [-0.15, -0.1) is 0 Å². The van der Waals surface area contributed by atoms with Crippen molar-refractivity contribution in [1.29, 1.82) is 0 Å². The van der Waals surface area contributed by atoms with Crippen molar-refractivity contribution in [3.63, 3.8) is 0 Å². The molecule has 0 aliphatic carbocycles. The molecule has 1 aliphatic rings. The molecule has 1 aliphatic heterocycles. The summed E-state index contributed by atoms with van der Waals surface area (Å²) in [6, 6.07) is 10.3. The molecule has 2 aromatic carbocycles. The summed E-state index contributed by atoms with van der Waals surface area (Å²) in [5.74, 6) is -1.36. The largest absolute Gasteiger partial charge is 0.452 e. The molecule has 0 radical (unpaired) electrons. The van der Waals surface area contributed by atoms with Crippen molar-refractivity contribution < 1.29 is 22.7 Å². The minimum atomic E-state index is -3.70. The first-order valence-electron chi connectivity index (χ1n) is 9.79. The van der Waals surface area contributed by atoms with E-state index in [1.165, 1.54) is 34.6 Å². The molecule has 0 aromatic heterocycles. The summed E-state index contributed by atoms with van der Waals surface area (Å²) in [7, 11) is -3.70. The Bertz CT molecular complexity index is 1070. The monoisotopic (exact) mass is 484 g/mol. The number of hydrogen-bond donors (Lipinski definition) is 1. The van der Waals surface area contributed by atoms with Gasteiger partial charge in [0.15, 0.2) is 6.61 Å². The van der Waals surface area contributed by atoms with Crippen LogP contribution < -0.4 is 5.32 Å². The zero-order chi connectivity index (χ0) is 22.4. The third-order valence-corrected chi connectivity index (χ3v) is 7.27. The number of carbonyl (C=O) groups excluding carboxylic acids is 2. The fraction of sp³-hybridized carbons (Fsp3) is 0.333. The maximum absolute atomic E-state index is 13.0. The maximum atomic E-state index is 13.0. The molecule has 31 heavy (non-hydrogen) atoms. The molecule has 166 valence electrons. The summed E-state index contributed by atoms with van der Waals surface area (Å²) in [5, 5.41) is 3.04. The highest BCUT2D eigenvalue weighted by Gasteiger charge is 2.26. The highest BCUT2D eigenvalue weighted by Crippen LogP contribution is 2.28. The number of hydrogen-bond acceptors (Lipinski definition) is 5. The number of ether oxygens (including phenoxy) is 1. The summed E-state index contributed by atoms with van der Waals surface area (Å²) in [4.78, 5) is 24.3. The number of halogens is 2. The van der Waals surface area contributed by atoms with Crippen molar-refractivity contribution in [2.45, 2.75) is 30.6 Å². The van der Waals surface area contributed by atoms with E-state index in [9.17, 15) is 18.0 Å². The normalized spacial score (nSPS) is 15.2. The van der Waals surface area contributed by atoms with E-state index in [1.807, 2.05) is 0 Å². The molecular weight excluding hydrogens is 463 g/mol. The molecular formula is C21H22Cl2N2O5S. The van der Waals surface area contributed by atoms with Crippen LogP contribution in [0.4, 0.5) is 5.69 Å². The van der Waals surface area contributed by atoms with Crippen molar-refractivity contribution in [3.8, 4) is 0 Å². The molecule has 1 amide bonds. The van der Waals surface area contributed by atoms with Crippen molar-refractivity contribution in [2.75, 3.05) is 25.0 Å². The second-order valence-corrected chi connectivity index (χ2v) is 9.88. The molecule has 1 heterocycles. The van der Waals surface area contributed by atoms with Gasteiger partial charge >= 0.3 is 5.97 Å². The number of sulfonamides is 1. The first-order valence-corrected chi connectivity index (χ1v) is 12.0. The van der Waals surface area contributed by atoms with E-state index in [0.29, 0.717) is 18.1 Å². The van der Waals surface area contributed by atoms with E-state index in [-0.39, 0.29) is 21.2 Å². The third-order valence-electron chi connectivity index (χ3n) is 4.81. The van der Waals surface area contributed by atoms with Crippen LogP contribution in [0.25, 0.3) is 0 Å². The number of rotatable bonds is 6. The number of esters is 1. The molecule has 2 aromatic rings. The second-order valence-electron chi connectivity index (χ2n) is 7.09. The van der Waals surface area contributed by atoms with Gasteiger partial charge in [-0.25, -0.2) is 13.2 Å². The summed E-state index contributed by atoms with van der Waals surface area (Å²) in [6.07, 6.45) is 3.63. The van der Waals surface area contributed by atoms with Crippen LogP contribution in [0.15, 0.2) is 47.4 Å². The van der Waals surface area contributed by atoms with Gasteiger partial charge in [-0.3, -0.25) is 4.79 Å². The van der Waals surface area contributed by atoms with Crippen LogP contribution in [0, 0.1) is 0 Å². The number of benzene rings is 2. The van der Waals surface area contributed by atoms with Crippen molar-refractivity contribution in [2.24, 2.45) is 0 Å². The molecule has 0 bridgehead atoms. The van der Waals surface area contributed by atoms with Gasteiger partial charge in [0.1, 0.15) is 0 Å². The van der Waals surface area contributed by atoms with Gasteiger partial charge in [-0.2, -0.15) is 4.31 Å². The van der Waals surface area contributed by atoms with Gasteiger partial charge < -0.3 is 10.1 Å². The van der Waals surface area contributed by atoms with E-state index in [0.717, 1.165) is 25.7 Å². The maximum Gasteiger partial charge on any atom is 0.338 e. The van der Waals surface area contributed by atoms with E-state index in [2.05, 4.69) is 5.32 Å².